The molecule has 15 atom stereocenters. The van der Waals surface area contributed by atoms with Crippen molar-refractivity contribution in [3.05, 3.63) is 0 Å². The summed E-state index contributed by atoms with van der Waals surface area (Å²) < 4.78 is 93.9. The molecule has 31 heteroatoms. The Labute approximate surface area is 609 Å². The number of fused-ring (bicyclic) bond motifs is 3. The summed E-state index contributed by atoms with van der Waals surface area (Å²) in [5.74, 6) is -14.4. The molecular formula is C73H116F6N12O13. The van der Waals surface area contributed by atoms with Crippen LogP contribution in [0, 0.1) is 35.5 Å². The number of nitrogens with one attached hydrogen (secondary N) is 3. The summed E-state index contributed by atoms with van der Waals surface area (Å²) in [5.41, 5.74) is -1.65. The molecule has 104 heavy (non-hydrogen) atoms. The Kier molecular flexibility index (Phi) is 29.8. The Morgan fingerprint density at radius 2 is 1.26 bits per heavy atom. The van der Waals surface area contributed by atoms with Crippen molar-refractivity contribution in [1.82, 2.24) is 60.0 Å². The van der Waals surface area contributed by atoms with Gasteiger partial charge < -0.3 is 64.8 Å². The lowest BCUT2D eigenvalue weighted by Crippen LogP contribution is -2.68. The molecule has 1 spiro atoms. The number of likely N-dealkylation sites (N-methyl/N-ethyl adjacent to an activating group) is 7. The van der Waals surface area contributed by atoms with Crippen molar-refractivity contribution in [3.8, 4) is 0 Å². The SMILES string of the molecule is CCO[C@@H]1C[C@H]2C(=O)NC3(CCC3)C(=O)N(C)[C@@H](C3CCCC3)C(=O)N(C)[C@H](C(=O)N(C)C)CC(=O)N(C)[C@@H](CC)C(=O)N[C@@H]([C@@H](C)CC)C(=O)N(C)CC(=O)N(C)[C@H]3CCCCCN(C3=O)[C@@H](CC3CCC(F)C(C)C3)C(=O)N(C)CC(=O)N[C@@H](CCC3CC(F)C(C(F)(F)F)C(F)C3)C(=O)N2C1. The third-order valence-electron chi connectivity index (χ3n) is 23.8. The minimum absolute atomic E-state index is 0.0272. The van der Waals surface area contributed by atoms with E-state index in [1.807, 2.05) is 0 Å². The van der Waals surface area contributed by atoms with Gasteiger partial charge >= 0.3 is 6.18 Å². The van der Waals surface area contributed by atoms with Crippen molar-refractivity contribution in [3.63, 3.8) is 0 Å². The first-order valence-corrected chi connectivity index (χ1v) is 37.8. The van der Waals surface area contributed by atoms with Crippen LogP contribution >= 0.6 is 0 Å². The van der Waals surface area contributed by atoms with Crippen molar-refractivity contribution < 1.29 is 88.6 Å². The van der Waals surface area contributed by atoms with E-state index >= 15 is 41.9 Å². The molecule has 0 aromatic rings. The zero-order valence-corrected chi connectivity index (χ0v) is 63.3. The van der Waals surface area contributed by atoms with E-state index < -0.39 is 224 Å². The van der Waals surface area contributed by atoms with E-state index in [4.69, 9.17) is 4.74 Å². The van der Waals surface area contributed by atoms with Gasteiger partial charge in [0.15, 0.2) is 0 Å². The quantitative estimate of drug-likeness (QED) is 0.208. The maximum absolute atomic E-state index is 15.5. The van der Waals surface area contributed by atoms with Gasteiger partial charge in [0.25, 0.3) is 0 Å². The predicted octanol–water partition coefficient (Wildman–Crippen LogP) is 5.34. The smallest absolute Gasteiger partial charge is 0.377 e. The van der Waals surface area contributed by atoms with E-state index in [1.54, 1.807) is 34.6 Å². The van der Waals surface area contributed by atoms with Crippen LogP contribution in [0.25, 0.3) is 0 Å². The van der Waals surface area contributed by atoms with Crippen molar-refractivity contribution in [2.75, 3.05) is 89.2 Å². The Bertz CT molecular complexity index is 3060. The summed E-state index contributed by atoms with van der Waals surface area (Å²) in [6.45, 7) is 7.19. The van der Waals surface area contributed by atoms with Crippen molar-refractivity contribution >= 4 is 70.9 Å². The van der Waals surface area contributed by atoms with Crippen molar-refractivity contribution in [2.24, 2.45) is 35.5 Å². The summed E-state index contributed by atoms with van der Waals surface area (Å²) in [5, 5.41) is 8.47. The summed E-state index contributed by atoms with van der Waals surface area (Å²) in [6, 6.07) is -10.7. The van der Waals surface area contributed by atoms with E-state index in [-0.39, 0.29) is 77.0 Å². The van der Waals surface area contributed by atoms with Gasteiger partial charge in [0.2, 0.25) is 70.9 Å². The molecule has 0 aromatic heterocycles. The first kappa shape index (κ1) is 84.4. The maximum Gasteiger partial charge on any atom is 0.397 e. The molecule has 2 bridgehead atoms. The molecule has 3 saturated heterocycles. The van der Waals surface area contributed by atoms with Crippen LogP contribution in [-0.4, -0.2) is 289 Å². The van der Waals surface area contributed by atoms with Crippen LogP contribution in [0.1, 0.15) is 182 Å². The Morgan fingerprint density at radius 3 is 1.84 bits per heavy atom. The van der Waals surface area contributed by atoms with Crippen LogP contribution in [-0.2, 0) is 62.3 Å². The number of halogens is 6. The fourth-order valence-electron chi connectivity index (χ4n) is 17.0. The Hall–Kier alpha value is -6.82. The molecule has 3 heterocycles. The van der Waals surface area contributed by atoms with Gasteiger partial charge in [-0.3, -0.25) is 57.5 Å². The fourth-order valence-corrected chi connectivity index (χ4v) is 17.0. The number of rotatable bonds is 12. The molecule has 7 fully saturated rings. The van der Waals surface area contributed by atoms with Crippen LogP contribution in [0.3, 0.4) is 0 Å². The summed E-state index contributed by atoms with van der Waals surface area (Å²) in [7, 11) is 11.1. The monoisotopic (exact) mass is 1480 g/mol. The van der Waals surface area contributed by atoms with E-state index in [9.17, 15) is 41.9 Å². The average Bonchev–Trinajstić information content (AvgIpc) is 1.34. The van der Waals surface area contributed by atoms with E-state index in [0.717, 1.165) is 24.5 Å². The van der Waals surface area contributed by atoms with Gasteiger partial charge in [-0.2, -0.15) is 13.2 Å². The second-order valence-electron chi connectivity index (χ2n) is 31.2. The highest BCUT2D eigenvalue weighted by atomic mass is 19.4. The van der Waals surface area contributed by atoms with Gasteiger partial charge in [0, 0.05) is 82.5 Å². The van der Waals surface area contributed by atoms with Gasteiger partial charge in [-0.1, -0.05) is 59.8 Å². The van der Waals surface area contributed by atoms with Crippen molar-refractivity contribution in [1.29, 1.82) is 0 Å². The van der Waals surface area contributed by atoms with Crippen molar-refractivity contribution in [2.45, 2.75) is 267 Å². The van der Waals surface area contributed by atoms with E-state index in [0.29, 0.717) is 70.6 Å². The molecular weight excluding hydrogens is 1370 g/mol. The lowest BCUT2D eigenvalue weighted by atomic mass is 9.74. The second-order valence-corrected chi connectivity index (χ2v) is 31.2. The highest BCUT2D eigenvalue weighted by molar-refractivity contribution is 6.01. The first-order chi connectivity index (χ1) is 48.9. The lowest BCUT2D eigenvalue weighted by Gasteiger charge is -2.46. The molecule has 3 aliphatic heterocycles. The van der Waals surface area contributed by atoms with E-state index in [1.165, 1.54) is 76.0 Å². The molecule has 5 unspecified atom stereocenters. The zero-order chi connectivity index (χ0) is 77.1. The molecule has 0 radical (unpaired) electrons. The second kappa shape index (κ2) is 36.7. The number of hydrogen-bond acceptors (Lipinski definition) is 13. The molecule has 25 nitrogen and oxygen atoms in total. The Balaban J connectivity index is 1.31. The Morgan fingerprint density at radius 1 is 0.625 bits per heavy atom. The molecule has 7 aliphatic rings. The summed E-state index contributed by atoms with van der Waals surface area (Å²) in [6.07, 6.45) is -9.33. The largest absolute Gasteiger partial charge is 0.397 e. The number of amides is 12. The predicted molar refractivity (Wildman–Crippen MR) is 372 cm³/mol. The average molecular weight is 1480 g/mol. The van der Waals surface area contributed by atoms with Crippen LogP contribution in [0.5, 0.6) is 0 Å². The lowest BCUT2D eigenvalue weighted by molar-refractivity contribution is -0.219. The molecule has 4 aliphatic carbocycles. The van der Waals surface area contributed by atoms with Gasteiger partial charge in [-0.05, 0) is 139 Å². The number of alkyl halides is 6. The van der Waals surface area contributed by atoms with Gasteiger partial charge in [0.1, 0.15) is 78.3 Å². The van der Waals surface area contributed by atoms with Crippen LogP contribution < -0.4 is 16.0 Å². The normalized spacial score (nSPS) is 33.1. The standard InChI is InChI=1S/C73H116F6N12O13/c1-14-42(4)61-69(101)85(9)41-59(94)87(11)53-25-18-17-21-32-90(68(53)100)56(36-44-26-28-48(74)43(5)33-44)67(99)84(8)40-57(92)80-51(29-27-45-34-49(75)60(50(76)35-45)73(77,78)79)65(97)91-39-47(104-16-3)37-54(91)64(96)82-72(30-22-31-72)71(103)89(13)62(46-23-19-20-24-46)70(102)88(12)55(66(98)83(6)7)38-58(93)86(10)52(15-2)63(95)81-61/h42-56,60-62H,14-41H2,1-13H3,(H,80,92)(H,81,95)(H,82,96)/t42-,43?,44?,45?,47+,48?,49?,50?,51-,52-,53-,54-,55-,56-,60?,61-,62-/m0/s1. The third kappa shape index (κ3) is 19.9. The van der Waals surface area contributed by atoms with Crippen LogP contribution in [0.2, 0.25) is 0 Å². The molecule has 4 saturated carbocycles. The summed E-state index contributed by atoms with van der Waals surface area (Å²) in [4.78, 5) is 191. The van der Waals surface area contributed by atoms with Gasteiger partial charge in [-0.15, -0.1) is 0 Å². The molecule has 0 aromatic carbocycles. The molecule has 12 amide bonds. The first-order valence-electron chi connectivity index (χ1n) is 37.8. The minimum Gasteiger partial charge on any atom is -0.377 e. The maximum atomic E-state index is 15.5. The number of carbonyl (C=O) groups is 12. The van der Waals surface area contributed by atoms with Gasteiger partial charge in [0.05, 0.1) is 25.6 Å². The number of nitrogens with zero attached hydrogens (tertiary/aromatic N) is 9. The third-order valence-corrected chi connectivity index (χ3v) is 23.8. The molecule has 3 N–H and O–H groups in total. The van der Waals surface area contributed by atoms with Crippen LogP contribution in [0.15, 0.2) is 0 Å². The van der Waals surface area contributed by atoms with Gasteiger partial charge in [-0.25, -0.2) is 13.2 Å². The summed E-state index contributed by atoms with van der Waals surface area (Å²) >= 11 is 0. The number of ether oxygens (including phenoxy) is 1. The fraction of sp³-hybridized carbons (Fsp3) is 0.836. The topological polar surface area (TPSA) is 279 Å². The highest BCUT2D eigenvalue weighted by Gasteiger charge is 2.56. The minimum atomic E-state index is -5.19. The van der Waals surface area contributed by atoms with E-state index in [2.05, 4.69) is 16.0 Å². The van der Waals surface area contributed by atoms with Crippen LogP contribution in [0.4, 0.5) is 26.3 Å². The molecule has 7 rings (SSSR count). The highest BCUT2D eigenvalue weighted by Crippen LogP contribution is 2.45. The number of carbonyl (C=O) groups excluding carboxylic acids is 12. The zero-order valence-electron chi connectivity index (χ0n) is 63.3. The molecule has 588 valence electrons. The number of hydrogen-bond donors (Lipinski definition) is 3.